The Balaban J connectivity index is 1.79. The molecule has 1 amide bonds. The predicted molar refractivity (Wildman–Crippen MR) is 71.8 cm³/mol. The Labute approximate surface area is 114 Å². The van der Waals surface area contributed by atoms with Crippen molar-refractivity contribution in [1.82, 2.24) is 9.97 Å². The lowest BCUT2D eigenvalue weighted by molar-refractivity contribution is 0.102. The largest absolute Gasteiger partial charge is 0.486 e. The number of amides is 1. The van der Waals surface area contributed by atoms with Gasteiger partial charge in [-0.3, -0.25) is 9.78 Å². The van der Waals surface area contributed by atoms with Gasteiger partial charge in [0.1, 0.15) is 24.7 Å². The van der Waals surface area contributed by atoms with E-state index in [1.54, 1.807) is 18.2 Å². The van der Waals surface area contributed by atoms with E-state index in [9.17, 15) is 4.79 Å². The molecule has 0 fully saturated rings. The van der Waals surface area contributed by atoms with E-state index >= 15 is 0 Å². The Morgan fingerprint density at radius 2 is 2.00 bits per heavy atom. The van der Waals surface area contributed by atoms with Gasteiger partial charge < -0.3 is 20.5 Å². The highest BCUT2D eigenvalue weighted by Crippen LogP contribution is 2.32. The van der Waals surface area contributed by atoms with Crippen molar-refractivity contribution >= 4 is 17.4 Å². The van der Waals surface area contributed by atoms with Crippen LogP contribution in [0.2, 0.25) is 0 Å². The number of aromatic nitrogens is 2. The zero-order chi connectivity index (χ0) is 13.9. The van der Waals surface area contributed by atoms with Gasteiger partial charge in [-0.15, -0.1) is 0 Å². The molecule has 1 aromatic carbocycles. The van der Waals surface area contributed by atoms with Crippen molar-refractivity contribution in [3.63, 3.8) is 0 Å². The molecule has 3 rings (SSSR count). The monoisotopic (exact) mass is 272 g/mol. The summed E-state index contributed by atoms with van der Waals surface area (Å²) in [7, 11) is 0. The molecule has 0 saturated carbocycles. The van der Waals surface area contributed by atoms with Gasteiger partial charge in [0.15, 0.2) is 11.5 Å². The third-order valence-corrected chi connectivity index (χ3v) is 2.69. The molecular formula is C13H12N4O3. The molecule has 20 heavy (non-hydrogen) atoms. The molecule has 3 N–H and O–H groups in total. The first-order chi connectivity index (χ1) is 9.72. The molecule has 0 bridgehead atoms. The van der Waals surface area contributed by atoms with Gasteiger partial charge in [0.25, 0.3) is 5.91 Å². The number of hydrogen-bond acceptors (Lipinski definition) is 6. The molecule has 0 radical (unpaired) electrons. The van der Waals surface area contributed by atoms with Crippen LogP contribution in [0.15, 0.2) is 30.6 Å². The standard InChI is InChI=1S/C13H12N4O3/c14-12-7-15-6-9(17-12)13(18)16-8-1-2-10-11(5-8)20-4-3-19-10/h1-2,5-7H,3-4H2,(H2,14,17)(H,16,18). The predicted octanol–water partition coefficient (Wildman–Crippen LogP) is 1.08. The smallest absolute Gasteiger partial charge is 0.275 e. The molecule has 2 heterocycles. The molecule has 0 atom stereocenters. The molecule has 102 valence electrons. The van der Waals surface area contributed by atoms with E-state index in [0.717, 1.165) is 0 Å². The zero-order valence-electron chi connectivity index (χ0n) is 10.5. The summed E-state index contributed by atoms with van der Waals surface area (Å²) in [5.41, 5.74) is 6.23. The fourth-order valence-corrected chi connectivity index (χ4v) is 1.81. The van der Waals surface area contributed by atoms with Crippen LogP contribution in [0.25, 0.3) is 0 Å². The molecule has 0 aliphatic carbocycles. The van der Waals surface area contributed by atoms with Gasteiger partial charge in [-0.25, -0.2) is 4.98 Å². The van der Waals surface area contributed by atoms with Crippen LogP contribution in [0.1, 0.15) is 10.5 Å². The fourth-order valence-electron chi connectivity index (χ4n) is 1.81. The van der Waals surface area contributed by atoms with Crippen molar-refractivity contribution in [3.05, 3.63) is 36.3 Å². The maximum Gasteiger partial charge on any atom is 0.275 e. The van der Waals surface area contributed by atoms with E-state index in [0.29, 0.717) is 30.4 Å². The second-order valence-electron chi connectivity index (χ2n) is 4.14. The minimum atomic E-state index is -0.388. The fraction of sp³-hybridized carbons (Fsp3) is 0.154. The van der Waals surface area contributed by atoms with E-state index in [-0.39, 0.29) is 17.4 Å². The van der Waals surface area contributed by atoms with Crippen molar-refractivity contribution in [2.45, 2.75) is 0 Å². The number of nitrogens with one attached hydrogen (secondary N) is 1. The van der Waals surface area contributed by atoms with Crippen LogP contribution in [0.4, 0.5) is 11.5 Å². The van der Waals surface area contributed by atoms with Crippen LogP contribution in [-0.2, 0) is 0 Å². The molecule has 1 aliphatic heterocycles. The number of anilines is 2. The SMILES string of the molecule is Nc1cncc(C(=O)Nc2ccc3c(c2)OCCO3)n1. The normalized spacial score (nSPS) is 12.8. The number of nitrogen functional groups attached to an aromatic ring is 1. The lowest BCUT2D eigenvalue weighted by Crippen LogP contribution is -2.17. The number of fused-ring (bicyclic) bond motifs is 1. The van der Waals surface area contributed by atoms with Crippen molar-refractivity contribution in [2.24, 2.45) is 0 Å². The molecule has 7 heteroatoms. The number of carbonyl (C=O) groups excluding carboxylic acids is 1. The number of carbonyl (C=O) groups is 1. The van der Waals surface area contributed by atoms with Gasteiger partial charge in [-0.05, 0) is 12.1 Å². The Morgan fingerprint density at radius 1 is 1.20 bits per heavy atom. The maximum absolute atomic E-state index is 12.0. The molecular weight excluding hydrogens is 260 g/mol. The van der Waals surface area contributed by atoms with Gasteiger partial charge in [-0.2, -0.15) is 0 Å². The highest BCUT2D eigenvalue weighted by molar-refractivity contribution is 6.03. The Kier molecular flexibility index (Phi) is 3.08. The van der Waals surface area contributed by atoms with Gasteiger partial charge >= 0.3 is 0 Å². The van der Waals surface area contributed by atoms with Crippen molar-refractivity contribution < 1.29 is 14.3 Å². The van der Waals surface area contributed by atoms with E-state index in [1.807, 2.05) is 0 Å². The second kappa shape index (κ2) is 5.04. The average molecular weight is 272 g/mol. The van der Waals surface area contributed by atoms with Gasteiger partial charge in [0.2, 0.25) is 0 Å². The minimum Gasteiger partial charge on any atom is -0.486 e. The topological polar surface area (TPSA) is 99.4 Å². The number of nitrogens with two attached hydrogens (primary N) is 1. The second-order valence-corrected chi connectivity index (χ2v) is 4.14. The number of nitrogens with zero attached hydrogens (tertiary/aromatic N) is 2. The molecule has 1 aliphatic rings. The van der Waals surface area contributed by atoms with Gasteiger partial charge in [0.05, 0.1) is 12.4 Å². The third kappa shape index (κ3) is 2.46. The number of ether oxygens (including phenoxy) is 2. The summed E-state index contributed by atoms with van der Waals surface area (Å²) in [6, 6.07) is 5.17. The molecule has 7 nitrogen and oxygen atoms in total. The molecule has 2 aromatic rings. The highest BCUT2D eigenvalue weighted by atomic mass is 16.6. The Bertz CT molecular complexity index is 660. The van der Waals surface area contributed by atoms with Crippen molar-refractivity contribution in [2.75, 3.05) is 24.3 Å². The van der Waals surface area contributed by atoms with Crippen molar-refractivity contribution in [3.8, 4) is 11.5 Å². The lowest BCUT2D eigenvalue weighted by atomic mass is 10.2. The van der Waals surface area contributed by atoms with Gasteiger partial charge in [0, 0.05) is 11.8 Å². The third-order valence-electron chi connectivity index (χ3n) is 2.69. The van der Waals surface area contributed by atoms with E-state index in [4.69, 9.17) is 15.2 Å². The summed E-state index contributed by atoms with van der Waals surface area (Å²) >= 11 is 0. The lowest BCUT2D eigenvalue weighted by Gasteiger charge is -2.18. The summed E-state index contributed by atoms with van der Waals surface area (Å²) < 4.78 is 10.9. The van der Waals surface area contributed by atoms with E-state index in [1.165, 1.54) is 12.4 Å². The quantitative estimate of drug-likeness (QED) is 0.848. The summed E-state index contributed by atoms with van der Waals surface area (Å²) in [6.45, 7) is 1.02. The number of hydrogen-bond donors (Lipinski definition) is 2. The first-order valence-corrected chi connectivity index (χ1v) is 6.01. The first-order valence-electron chi connectivity index (χ1n) is 6.01. The molecule has 1 aromatic heterocycles. The Hall–Kier alpha value is -2.83. The Morgan fingerprint density at radius 3 is 2.80 bits per heavy atom. The van der Waals surface area contributed by atoms with Crippen LogP contribution >= 0.6 is 0 Å². The number of benzene rings is 1. The average Bonchev–Trinajstić information content (AvgIpc) is 2.47. The highest BCUT2D eigenvalue weighted by Gasteiger charge is 2.14. The van der Waals surface area contributed by atoms with E-state index in [2.05, 4.69) is 15.3 Å². The van der Waals surface area contributed by atoms with Crippen LogP contribution < -0.4 is 20.5 Å². The maximum atomic E-state index is 12.0. The first kappa shape index (κ1) is 12.2. The van der Waals surface area contributed by atoms with Crippen molar-refractivity contribution in [1.29, 1.82) is 0 Å². The minimum absolute atomic E-state index is 0.153. The van der Waals surface area contributed by atoms with Crippen LogP contribution in [0.5, 0.6) is 11.5 Å². The van der Waals surface area contributed by atoms with Crippen LogP contribution in [0, 0.1) is 0 Å². The zero-order valence-corrected chi connectivity index (χ0v) is 10.5. The summed E-state index contributed by atoms with van der Waals surface area (Å²) in [5.74, 6) is 1.08. The van der Waals surface area contributed by atoms with Crippen LogP contribution in [0.3, 0.4) is 0 Å². The van der Waals surface area contributed by atoms with Gasteiger partial charge in [-0.1, -0.05) is 0 Å². The summed E-state index contributed by atoms with van der Waals surface area (Å²) in [5, 5.41) is 2.70. The molecule has 0 spiro atoms. The summed E-state index contributed by atoms with van der Waals surface area (Å²) in [4.78, 5) is 19.7. The van der Waals surface area contributed by atoms with E-state index < -0.39 is 0 Å². The molecule has 0 saturated heterocycles. The number of rotatable bonds is 2. The van der Waals surface area contributed by atoms with Crippen LogP contribution in [-0.4, -0.2) is 29.1 Å². The molecule has 0 unspecified atom stereocenters. The summed E-state index contributed by atoms with van der Waals surface area (Å²) in [6.07, 6.45) is 2.73.